The minimum absolute atomic E-state index is 0.760. The Morgan fingerprint density at radius 1 is 1.31 bits per heavy atom. The van der Waals surface area contributed by atoms with Gasteiger partial charge in [0, 0.05) is 22.7 Å². The molecule has 3 rings (SSSR count). The second-order valence-corrected chi connectivity index (χ2v) is 3.07. The molecule has 0 saturated carbocycles. The molecule has 0 saturated heterocycles. The number of fused-ring (bicyclic) bond motifs is 3. The van der Waals surface area contributed by atoms with E-state index in [1.54, 1.807) is 6.26 Å². The first-order valence-corrected chi connectivity index (χ1v) is 4.09. The van der Waals surface area contributed by atoms with Gasteiger partial charge in [-0.2, -0.15) is 0 Å². The van der Waals surface area contributed by atoms with Crippen LogP contribution in [0.1, 0.15) is 0 Å². The van der Waals surface area contributed by atoms with Gasteiger partial charge in [-0.05, 0) is 18.2 Å². The van der Waals surface area contributed by atoms with E-state index in [1.165, 1.54) is 0 Å². The monoisotopic (exact) mass is 172 g/mol. The highest BCUT2D eigenvalue weighted by Crippen LogP contribution is 2.29. The summed E-state index contributed by atoms with van der Waals surface area (Å²) in [5, 5.41) is 2.05. The highest BCUT2D eigenvalue weighted by molar-refractivity contribution is 6.07. The Hall–Kier alpha value is -1.90. The van der Waals surface area contributed by atoms with E-state index in [4.69, 9.17) is 10.2 Å². The third-order valence-corrected chi connectivity index (χ3v) is 2.29. The Bertz CT molecular complexity index is 577. The van der Waals surface area contributed by atoms with Crippen molar-refractivity contribution in [1.29, 1.82) is 0 Å². The summed E-state index contributed by atoms with van der Waals surface area (Å²) in [7, 11) is 0. The van der Waals surface area contributed by atoms with Gasteiger partial charge in [0.15, 0.2) is 5.58 Å². The first kappa shape index (κ1) is 6.60. The average molecular weight is 172 g/mol. The maximum atomic E-state index is 5.85. The van der Waals surface area contributed by atoms with Crippen LogP contribution in [0.4, 0.5) is 5.69 Å². The summed E-state index contributed by atoms with van der Waals surface area (Å²) in [6.07, 6.45) is 3.54. The topological polar surface area (TPSA) is 55.0 Å². The van der Waals surface area contributed by atoms with Crippen LogP contribution in [0.25, 0.3) is 21.9 Å². The van der Waals surface area contributed by atoms with Crippen molar-refractivity contribution in [3.63, 3.8) is 0 Å². The van der Waals surface area contributed by atoms with Crippen LogP contribution in [-0.4, -0.2) is 4.98 Å². The van der Waals surface area contributed by atoms with Crippen molar-refractivity contribution in [2.75, 3.05) is 5.73 Å². The van der Waals surface area contributed by atoms with E-state index < -0.39 is 0 Å². The number of hydrogen-bond acceptors (Lipinski definition) is 2. The number of H-pyrrole nitrogens is 1. The van der Waals surface area contributed by atoms with E-state index in [9.17, 15) is 0 Å². The summed E-state index contributed by atoms with van der Waals surface area (Å²) in [6, 6.07) is 5.81. The minimum atomic E-state index is 0.760. The summed E-state index contributed by atoms with van der Waals surface area (Å²) in [5.41, 5.74) is 8.45. The van der Waals surface area contributed by atoms with Gasteiger partial charge in [0.25, 0.3) is 0 Å². The molecule has 3 aromatic rings. The second kappa shape index (κ2) is 2.07. The number of aromatic nitrogens is 1. The largest absolute Gasteiger partial charge is 0.462 e. The lowest BCUT2D eigenvalue weighted by Crippen LogP contribution is -1.84. The molecule has 3 nitrogen and oxygen atoms in total. The normalized spacial score (nSPS) is 11.4. The maximum absolute atomic E-state index is 5.85. The zero-order valence-corrected chi connectivity index (χ0v) is 6.87. The molecule has 3 N–H and O–H groups in total. The summed E-state index contributed by atoms with van der Waals surface area (Å²) in [6.45, 7) is 0. The number of nitrogen functional groups attached to an aromatic ring is 1. The van der Waals surface area contributed by atoms with Crippen LogP contribution < -0.4 is 5.73 Å². The number of nitrogens with one attached hydrogen (secondary N) is 1. The SMILES string of the molecule is Nc1cc2cc[nH]c2c2occc12. The third kappa shape index (κ3) is 0.731. The molecular formula is C10H8N2O. The van der Waals surface area contributed by atoms with Gasteiger partial charge in [0.1, 0.15) is 0 Å². The predicted molar refractivity (Wildman–Crippen MR) is 52.5 cm³/mol. The quantitative estimate of drug-likeness (QED) is 0.512. The molecule has 0 bridgehead atoms. The van der Waals surface area contributed by atoms with Crippen LogP contribution in [0, 0.1) is 0 Å². The highest BCUT2D eigenvalue weighted by Gasteiger charge is 2.07. The van der Waals surface area contributed by atoms with Gasteiger partial charge in [0.05, 0.1) is 11.8 Å². The van der Waals surface area contributed by atoms with Crippen LogP contribution in [0.3, 0.4) is 0 Å². The van der Waals surface area contributed by atoms with Crippen LogP contribution in [-0.2, 0) is 0 Å². The minimum Gasteiger partial charge on any atom is -0.462 e. The van der Waals surface area contributed by atoms with Crippen molar-refractivity contribution in [2.24, 2.45) is 0 Å². The van der Waals surface area contributed by atoms with Gasteiger partial charge in [-0.3, -0.25) is 0 Å². The molecule has 0 amide bonds. The summed E-state index contributed by atoms with van der Waals surface area (Å²) in [5.74, 6) is 0. The Kier molecular flexibility index (Phi) is 1.05. The summed E-state index contributed by atoms with van der Waals surface area (Å²) in [4.78, 5) is 3.13. The molecule has 0 aliphatic rings. The number of nitrogens with two attached hydrogens (primary N) is 1. The maximum Gasteiger partial charge on any atom is 0.159 e. The fourth-order valence-electron chi connectivity index (χ4n) is 1.67. The molecule has 3 heteroatoms. The Morgan fingerprint density at radius 3 is 3.15 bits per heavy atom. The molecule has 0 spiro atoms. The van der Waals surface area contributed by atoms with Crippen molar-refractivity contribution >= 4 is 27.6 Å². The van der Waals surface area contributed by atoms with Gasteiger partial charge < -0.3 is 15.1 Å². The number of benzene rings is 1. The predicted octanol–water partition coefficient (Wildman–Crippen LogP) is 2.50. The molecule has 0 unspecified atom stereocenters. The molecule has 0 aliphatic carbocycles. The molecule has 0 fully saturated rings. The molecular weight excluding hydrogens is 164 g/mol. The summed E-state index contributed by atoms with van der Waals surface area (Å²) >= 11 is 0. The fourth-order valence-corrected chi connectivity index (χ4v) is 1.67. The van der Waals surface area contributed by atoms with E-state index in [1.807, 2.05) is 24.4 Å². The lowest BCUT2D eigenvalue weighted by molar-refractivity contribution is 0.618. The van der Waals surface area contributed by atoms with Crippen LogP contribution >= 0.6 is 0 Å². The van der Waals surface area contributed by atoms with Crippen molar-refractivity contribution in [2.45, 2.75) is 0 Å². The number of aromatic amines is 1. The van der Waals surface area contributed by atoms with Gasteiger partial charge >= 0.3 is 0 Å². The standard InChI is InChI=1S/C10H8N2O/c11-8-5-6-1-3-12-9(6)10-7(8)2-4-13-10/h1-5,12H,11H2. The van der Waals surface area contributed by atoms with Gasteiger partial charge in [-0.15, -0.1) is 0 Å². The van der Waals surface area contributed by atoms with Crippen molar-refractivity contribution in [3.8, 4) is 0 Å². The molecule has 0 aliphatic heterocycles. The first-order chi connectivity index (χ1) is 6.36. The van der Waals surface area contributed by atoms with E-state index >= 15 is 0 Å². The zero-order valence-electron chi connectivity index (χ0n) is 6.87. The first-order valence-electron chi connectivity index (χ1n) is 4.09. The smallest absolute Gasteiger partial charge is 0.159 e. The van der Waals surface area contributed by atoms with E-state index in [0.29, 0.717) is 0 Å². The number of anilines is 1. The molecule has 2 aromatic heterocycles. The third-order valence-electron chi connectivity index (χ3n) is 2.29. The average Bonchev–Trinajstić information content (AvgIpc) is 2.66. The van der Waals surface area contributed by atoms with Crippen LogP contribution in [0.2, 0.25) is 0 Å². The molecule has 0 radical (unpaired) electrons. The van der Waals surface area contributed by atoms with E-state index in [2.05, 4.69) is 4.98 Å². The van der Waals surface area contributed by atoms with Gasteiger partial charge in [-0.25, -0.2) is 0 Å². The molecule has 13 heavy (non-hydrogen) atoms. The lowest BCUT2D eigenvalue weighted by Gasteiger charge is -1.96. The molecule has 2 heterocycles. The second-order valence-electron chi connectivity index (χ2n) is 3.07. The number of furan rings is 1. The van der Waals surface area contributed by atoms with Gasteiger partial charge in [-0.1, -0.05) is 0 Å². The van der Waals surface area contributed by atoms with Crippen LogP contribution in [0.15, 0.2) is 35.1 Å². The highest BCUT2D eigenvalue weighted by atomic mass is 16.3. The molecule has 64 valence electrons. The van der Waals surface area contributed by atoms with E-state index in [-0.39, 0.29) is 0 Å². The number of rotatable bonds is 0. The fraction of sp³-hybridized carbons (Fsp3) is 0. The van der Waals surface area contributed by atoms with Crippen molar-refractivity contribution in [1.82, 2.24) is 4.98 Å². The molecule has 0 atom stereocenters. The van der Waals surface area contributed by atoms with E-state index in [0.717, 1.165) is 27.6 Å². The Morgan fingerprint density at radius 2 is 2.23 bits per heavy atom. The zero-order chi connectivity index (χ0) is 8.84. The molecule has 1 aromatic carbocycles. The van der Waals surface area contributed by atoms with Crippen molar-refractivity contribution in [3.05, 3.63) is 30.7 Å². The van der Waals surface area contributed by atoms with Gasteiger partial charge in [0.2, 0.25) is 0 Å². The van der Waals surface area contributed by atoms with Crippen LogP contribution in [0.5, 0.6) is 0 Å². The van der Waals surface area contributed by atoms with Crippen molar-refractivity contribution < 1.29 is 4.42 Å². The number of hydrogen-bond donors (Lipinski definition) is 2. The summed E-state index contributed by atoms with van der Waals surface area (Å²) < 4.78 is 5.36. The lowest BCUT2D eigenvalue weighted by atomic mass is 10.1. The Balaban J connectivity index is 2.70. The Labute approximate surface area is 74.1 Å².